The minimum atomic E-state index is -0.111. The van der Waals surface area contributed by atoms with E-state index in [9.17, 15) is 4.79 Å². The van der Waals surface area contributed by atoms with Crippen LogP contribution in [0.5, 0.6) is 0 Å². The molecule has 1 fully saturated rings. The summed E-state index contributed by atoms with van der Waals surface area (Å²) in [6, 6.07) is 0. The second-order valence-corrected chi connectivity index (χ2v) is 3.51. The van der Waals surface area contributed by atoms with E-state index < -0.39 is 0 Å². The highest BCUT2D eigenvalue weighted by Crippen LogP contribution is 2.21. The van der Waals surface area contributed by atoms with Gasteiger partial charge in [0.25, 0.3) is 0 Å². The zero-order valence-corrected chi connectivity index (χ0v) is 7.79. The maximum atomic E-state index is 10.5. The molecule has 0 spiro atoms. The molecule has 1 heterocycles. The first-order chi connectivity index (χ1) is 5.86. The Balaban J connectivity index is 2.20. The highest BCUT2D eigenvalue weighted by molar-refractivity contribution is 5.56. The Morgan fingerprint density at radius 3 is 3.00 bits per heavy atom. The van der Waals surface area contributed by atoms with Crippen LogP contribution >= 0.6 is 0 Å². The zero-order valence-electron chi connectivity index (χ0n) is 7.79. The van der Waals surface area contributed by atoms with Gasteiger partial charge in [0, 0.05) is 0 Å². The Bertz CT molecular complexity index is 134. The van der Waals surface area contributed by atoms with Gasteiger partial charge in [-0.25, -0.2) is 0 Å². The normalized spacial score (nSPS) is 30.1. The minimum Gasteiger partial charge on any atom is -0.368 e. The number of rotatable bonds is 4. The van der Waals surface area contributed by atoms with Crippen LogP contribution in [0, 0.1) is 0 Å². The van der Waals surface area contributed by atoms with Gasteiger partial charge in [-0.15, -0.1) is 0 Å². The standard InChI is InChI=1S/C10H18O2/c1-2-3-5-9-6-4-7-10(8-11)12-9/h8-10H,2-7H2,1H3. The van der Waals surface area contributed by atoms with Crippen LogP contribution in [0.2, 0.25) is 0 Å². The van der Waals surface area contributed by atoms with Crippen molar-refractivity contribution >= 4 is 6.29 Å². The predicted molar refractivity (Wildman–Crippen MR) is 48.1 cm³/mol. The highest BCUT2D eigenvalue weighted by Gasteiger charge is 2.20. The molecule has 2 heteroatoms. The first-order valence-corrected chi connectivity index (χ1v) is 4.97. The van der Waals surface area contributed by atoms with E-state index in [1.807, 2.05) is 0 Å². The molecule has 2 atom stereocenters. The molecular weight excluding hydrogens is 152 g/mol. The fourth-order valence-electron chi connectivity index (χ4n) is 1.67. The van der Waals surface area contributed by atoms with Crippen LogP contribution in [0.25, 0.3) is 0 Å². The highest BCUT2D eigenvalue weighted by atomic mass is 16.5. The van der Waals surface area contributed by atoms with E-state index in [4.69, 9.17) is 4.74 Å². The average Bonchev–Trinajstić information content (AvgIpc) is 2.15. The van der Waals surface area contributed by atoms with Crippen molar-refractivity contribution in [3.05, 3.63) is 0 Å². The van der Waals surface area contributed by atoms with Gasteiger partial charge in [-0.3, -0.25) is 0 Å². The van der Waals surface area contributed by atoms with Crippen molar-refractivity contribution in [3.8, 4) is 0 Å². The molecular formula is C10H18O2. The lowest BCUT2D eigenvalue weighted by Crippen LogP contribution is -2.28. The van der Waals surface area contributed by atoms with Crippen molar-refractivity contribution in [1.82, 2.24) is 0 Å². The van der Waals surface area contributed by atoms with Crippen LogP contribution in [-0.4, -0.2) is 18.5 Å². The molecule has 70 valence electrons. The lowest BCUT2D eigenvalue weighted by molar-refractivity contribution is -0.127. The van der Waals surface area contributed by atoms with Crippen LogP contribution in [0.3, 0.4) is 0 Å². The Morgan fingerprint density at radius 1 is 1.50 bits per heavy atom. The molecule has 0 bridgehead atoms. The molecule has 1 saturated heterocycles. The van der Waals surface area contributed by atoms with Gasteiger partial charge >= 0.3 is 0 Å². The van der Waals surface area contributed by atoms with Crippen molar-refractivity contribution in [2.75, 3.05) is 0 Å². The Hall–Kier alpha value is -0.370. The molecule has 0 amide bonds. The molecule has 0 aliphatic carbocycles. The molecule has 2 unspecified atom stereocenters. The van der Waals surface area contributed by atoms with Gasteiger partial charge in [0.05, 0.1) is 6.10 Å². The van der Waals surface area contributed by atoms with Crippen LogP contribution < -0.4 is 0 Å². The number of carbonyl (C=O) groups excluding carboxylic acids is 1. The van der Waals surface area contributed by atoms with Crippen molar-refractivity contribution in [2.45, 2.75) is 57.7 Å². The summed E-state index contributed by atoms with van der Waals surface area (Å²) in [5, 5.41) is 0. The van der Waals surface area contributed by atoms with Crippen LogP contribution in [0.1, 0.15) is 45.4 Å². The van der Waals surface area contributed by atoms with E-state index in [0.29, 0.717) is 6.10 Å². The fourth-order valence-corrected chi connectivity index (χ4v) is 1.67. The maximum absolute atomic E-state index is 10.5. The monoisotopic (exact) mass is 170 g/mol. The molecule has 1 aliphatic heterocycles. The van der Waals surface area contributed by atoms with Gasteiger partial charge in [0.15, 0.2) is 0 Å². The molecule has 12 heavy (non-hydrogen) atoms. The van der Waals surface area contributed by atoms with Crippen LogP contribution in [0.4, 0.5) is 0 Å². The third-order valence-electron chi connectivity index (χ3n) is 2.41. The maximum Gasteiger partial charge on any atom is 0.148 e. The predicted octanol–water partition coefficient (Wildman–Crippen LogP) is 2.31. The van der Waals surface area contributed by atoms with E-state index >= 15 is 0 Å². The molecule has 1 aliphatic rings. The quantitative estimate of drug-likeness (QED) is 0.605. The molecule has 0 aromatic heterocycles. The van der Waals surface area contributed by atoms with E-state index in [2.05, 4.69) is 6.92 Å². The Kier molecular flexibility index (Phi) is 4.30. The Labute approximate surface area is 74.3 Å². The number of carbonyl (C=O) groups is 1. The lowest BCUT2D eigenvalue weighted by atomic mass is 10.0. The van der Waals surface area contributed by atoms with Gasteiger partial charge < -0.3 is 9.53 Å². The first kappa shape index (κ1) is 9.72. The summed E-state index contributed by atoms with van der Waals surface area (Å²) in [4.78, 5) is 10.5. The van der Waals surface area contributed by atoms with Gasteiger partial charge in [-0.2, -0.15) is 0 Å². The molecule has 1 rings (SSSR count). The number of hydrogen-bond donors (Lipinski definition) is 0. The number of hydrogen-bond acceptors (Lipinski definition) is 2. The van der Waals surface area contributed by atoms with Crippen molar-refractivity contribution in [1.29, 1.82) is 0 Å². The summed E-state index contributed by atoms with van der Waals surface area (Å²) >= 11 is 0. The molecule has 0 N–H and O–H groups in total. The van der Waals surface area contributed by atoms with Gasteiger partial charge in [0.1, 0.15) is 12.4 Å². The summed E-state index contributed by atoms with van der Waals surface area (Å²) in [6.07, 6.45) is 7.96. The molecule has 2 nitrogen and oxygen atoms in total. The van der Waals surface area contributed by atoms with Crippen molar-refractivity contribution < 1.29 is 9.53 Å². The first-order valence-electron chi connectivity index (χ1n) is 4.97. The summed E-state index contributed by atoms with van der Waals surface area (Å²) in [5.41, 5.74) is 0. The summed E-state index contributed by atoms with van der Waals surface area (Å²) in [5.74, 6) is 0. The van der Waals surface area contributed by atoms with Crippen molar-refractivity contribution in [2.24, 2.45) is 0 Å². The Morgan fingerprint density at radius 2 is 2.33 bits per heavy atom. The molecule has 0 radical (unpaired) electrons. The van der Waals surface area contributed by atoms with E-state index in [1.54, 1.807) is 0 Å². The van der Waals surface area contributed by atoms with E-state index in [0.717, 1.165) is 32.0 Å². The smallest absolute Gasteiger partial charge is 0.148 e. The molecule has 0 saturated carbocycles. The topological polar surface area (TPSA) is 26.3 Å². The second-order valence-electron chi connectivity index (χ2n) is 3.51. The van der Waals surface area contributed by atoms with Gasteiger partial charge in [-0.05, 0) is 25.7 Å². The van der Waals surface area contributed by atoms with E-state index in [1.165, 1.54) is 12.8 Å². The summed E-state index contributed by atoms with van der Waals surface area (Å²) < 4.78 is 5.57. The minimum absolute atomic E-state index is 0.111. The summed E-state index contributed by atoms with van der Waals surface area (Å²) in [6.45, 7) is 2.18. The SMILES string of the molecule is CCCCC1CCCC(C=O)O1. The number of unbranched alkanes of at least 4 members (excludes halogenated alkanes) is 1. The van der Waals surface area contributed by atoms with Crippen LogP contribution in [0.15, 0.2) is 0 Å². The average molecular weight is 170 g/mol. The molecule has 0 aromatic rings. The fraction of sp³-hybridized carbons (Fsp3) is 0.900. The number of ether oxygens (including phenoxy) is 1. The second kappa shape index (κ2) is 5.31. The van der Waals surface area contributed by atoms with E-state index in [-0.39, 0.29) is 6.10 Å². The zero-order chi connectivity index (χ0) is 8.81. The lowest BCUT2D eigenvalue weighted by Gasteiger charge is -2.26. The third kappa shape index (κ3) is 2.94. The van der Waals surface area contributed by atoms with Gasteiger partial charge in [0.2, 0.25) is 0 Å². The third-order valence-corrected chi connectivity index (χ3v) is 2.41. The van der Waals surface area contributed by atoms with Crippen molar-refractivity contribution in [3.63, 3.8) is 0 Å². The van der Waals surface area contributed by atoms with Gasteiger partial charge in [-0.1, -0.05) is 19.8 Å². The summed E-state index contributed by atoms with van der Waals surface area (Å²) in [7, 11) is 0. The largest absolute Gasteiger partial charge is 0.368 e. The molecule has 0 aromatic carbocycles. The van der Waals surface area contributed by atoms with Crippen LogP contribution in [-0.2, 0) is 9.53 Å². The number of aldehydes is 1.